The Labute approximate surface area is 226 Å². The Bertz CT molecular complexity index is 1340. The zero-order chi connectivity index (χ0) is 27.0. The van der Waals surface area contributed by atoms with E-state index in [0.29, 0.717) is 34.4 Å². The largest absolute Gasteiger partial charge is 0.493 e. The lowest BCUT2D eigenvalue weighted by Crippen LogP contribution is -2.40. The summed E-state index contributed by atoms with van der Waals surface area (Å²) in [7, 11) is 1.54. The van der Waals surface area contributed by atoms with Crippen LogP contribution in [-0.2, 0) is 16.1 Å². The summed E-state index contributed by atoms with van der Waals surface area (Å²) in [5.74, 6) is 0.644. The third-order valence-corrected chi connectivity index (χ3v) is 7.18. The molecule has 1 amide bonds. The molecule has 200 valence electrons. The van der Waals surface area contributed by atoms with E-state index >= 15 is 0 Å². The van der Waals surface area contributed by atoms with Gasteiger partial charge in [0.2, 0.25) is 0 Å². The molecule has 2 N–H and O–H groups in total. The van der Waals surface area contributed by atoms with E-state index in [1.165, 1.54) is 0 Å². The topological polar surface area (TPSA) is 109 Å². The van der Waals surface area contributed by atoms with Crippen LogP contribution in [0.3, 0.4) is 0 Å². The number of benzene rings is 2. The van der Waals surface area contributed by atoms with Crippen LogP contribution in [0.1, 0.15) is 42.7 Å². The quantitative estimate of drug-likeness (QED) is 0.381. The summed E-state index contributed by atoms with van der Waals surface area (Å²) in [5.41, 5.74) is 8.70. The van der Waals surface area contributed by atoms with Crippen molar-refractivity contribution in [1.29, 1.82) is 0 Å². The number of anilines is 1. The second kappa shape index (κ2) is 10.7. The Morgan fingerprint density at radius 1 is 1.13 bits per heavy atom. The standard InChI is InChI=1S/C28H31ClN4O5/c1-16(2)25(30)28(35)38-24(17-4-5-17)15-37-22-11-10-21(12-23(22)36-3)32-13-18-14-33(31-26(18)27(32)34)20-8-6-19(29)7-9-20/h6-12,14,16-17,24-25H,4-5,13,15,30H2,1-3H3. The van der Waals surface area contributed by atoms with Gasteiger partial charge in [-0.3, -0.25) is 9.59 Å². The van der Waals surface area contributed by atoms with Gasteiger partial charge in [-0.1, -0.05) is 25.4 Å². The fraction of sp³-hybridized carbons (Fsp3) is 0.393. The fourth-order valence-corrected chi connectivity index (χ4v) is 4.49. The number of fused-ring (bicyclic) bond motifs is 1. The molecule has 2 aliphatic rings. The van der Waals surface area contributed by atoms with E-state index in [9.17, 15) is 9.59 Å². The molecule has 2 heterocycles. The van der Waals surface area contributed by atoms with Crippen LogP contribution < -0.4 is 20.1 Å². The number of carbonyl (C=O) groups is 2. The van der Waals surface area contributed by atoms with Crippen LogP contribution in [0.4, 0.5) is 5.69 Å². The van der Waals surface area contributed by atoms with Gasteiger partial charge in [0, 0.05) is 28.5 Å². The number of halogens is 1. The van der Waals surface area contributed by atoms with Crippen molar-refractivity contribution in [2.45, 2.75) is 45.4 Å². The normalized spacial score (nSPS) is 16.4. The number of methoxy groups -OCH3 is 1. The van der Waals surface area contributed by atoms with Crippen molar-refractivity contribution in [3.8, 4) is 17.2 Å². The molecule has 5 rings (SSSR count). The Balaban J connectivity index is 1.26. The van der Waals surface area contributed by atoms with E-state index < -0.39 is 12.0 Å². The minimum atomic E-state index is -0.666. The maximum atomic E-state index is 13.2. The third kappa shape index (κ3) is 5.35. The lowest BCUT2D eigenvalue weighted by molar-refractivity contribution is -0.154. The van der Waals surface area contributed by atoms with Gasteiger partial charge in [0.25, 0.3) is 5.91 Å². The summed E-state index contributed by atoms with van der Waals surface area (Å²) < 4.78 is 19.0. The third-order valence-electron chi connectivity index (χ3n) is 6.93. The zero-order valence-corrected chi connectivity index (χ0v) is 22.4. The highest BCUT2D eigenvalue weighted by atomic mass is 35.5. The Kier molecular flexibility index (Phi) is 7.32. The molecule has 3 aromatic rings. The van der Waals surface area contributed by atoms with Crippen LogP contribution in [0.5, 0.6) is 11.5 Å². The van der Waals surface area contributed by atoms with Crippen molar-refractivity contribution in [1.82, 2.24) is 9.78 Å². The van der Waals surface area contributed by atoms with E-state index in [4.69, 9.17) is 31.5 Å². The molecular weight excluding hydrogens is 508 g/mol. The molecule has 2 unspecified atom stereocenters. The van der Waals surface area contributed by atoms with Crippen LogP contribution in [0.15, 0.2) is 48.7 Å². The van der Waals surface area contributed by atoms with Gasteiger partial charge in [-0.15, -0.1) is 0 Å². The Morgan fingerprint density at radius 3 is 2.47 bits per heavy atom. The molecule has 2 aromatic carbocycles. The van der Waals surface area contributed by atoms with Crippen molar-refractivity contribution in [2.24, 2.45) is 17.6 Å². The van der Waals surface area contributed by atoms with E-state index in [-0.39, 0.29) is 30.5 Å². The number of carbonyl (C=O) groups excluding carboxylic acids is 2. The molecule has 2 atom stereocenters. The summed E-state index contributed by atoms with van der Waals surface area (Å²) in [6.45, 7) is 4.36. The first-order valence-corrected chi connectivity index (χ1v) is 13.1. The summed E-state index contributed by atoms with van der Waals surface area (Å²) in [4.78, 5) is 27.2. The molecule has 10 heteroatoms. The molecule has 9 nitrogen and oxygen atoms in total. The first-order chi connectivity index (χ1) is 18.2. The highest BCUT2D eigenvalue weighted by molar-refractivity contribution is 6.30. The first kappa shape index (κ1) is 26.1. The smallest absolute Gasteiger partial charge is 0.323 e. The molecule has 0 bridgehead atoms. The van der Waals surface area contributed by atoms with Crippen LogP contribution in [0.25, 0.3) is 5.69 Å². The molecule has 1 aliphatic heterocycles. The molecule has 1 saturated carbocycles. The summed E-state index contributed by atoms with van der Waals surface area (Å²) in [5, 5.41) is 5.14. The number of rotatable bonds is 10. The van der Waals surface area contributed by atoms with Crippen LogP contribution in [0.2, 0.25) is 5.02 Å². The predicted octanol–water partition coefficient (Wildman–Crippen LogP) is 4.38. The fourth-order valence-electron chi connectivity index (χ4n) is 4.36. The van der Waals surface area contributed by atoms with E-state index in [1.54, 1.807) is 41.0 Å². The Morgan fingerprint density at radius 2 is 1.84 bits per heavy atom. The van der Waals surface area contributed by atoms with Gasteiger partial charge in [-0.2, -0.15) is 5.10 Å². The van der Waals surface area contributed by atoms with Crippen molar-refractivity contribution in [2.75, 3.05) is 18.6 Å². The van der Waals surface area contributed by atoms with Gasteiger partial charge in [0.05, 0.1) is 19.3 Å². The number of nitrogens with zero attached hydrogens (tertiary/aromatic N) is 3. The van der Waals surface area contributed by atoms with E-state index in [2.05, 4.69) is 5.10 Å². The number of esters is 1. The van der Waals surface area contributed by atoms with Crippen LogP contribution >= 0.6 is 11.6 Å². The number of hydrogen-bond donors (Lipinski definition) is 1. The molecule has 38 heavy (non-hydrogen) atoms. The minimum absolute atomic E-state index is 0.00836. The van der Waals surface area contributed by atoms with Gasteiger partial charge in [0.15, 0.2) is 17.2 Å². The number of nitrogens with two attached hydrogens (primary N) is 1. The molecular formula is C28H31ClN4O5. The average Bonchev–Trinajstić information content (AvgIpc) is 3.60. The minimum Gasteiger partial charge on any atom is -0.493 e. The Hall–Kier alpha value is -3.56. The van der Waals surface area contributed by atoms with Gasteiger partial charge < -0.3 is 24.8 Å². The molecule has 1 aliphatic carbocycles. The SMILES string of the molecule is COc1cc(N2Cc3cn(-c4ccc(Cl)cc4)nc3C2=O)ccc1OCC(OC(=O)C(N)C(C)C)C1CC1. The predicted molar refractivity (Wildman–Crippen MR) is 143 cm³/mol. The van der Waals surface area contributed by atoms with Gasteiger partial charge in [0.1, 0.15) is 18.8 Å². The van der Waals surface area contributed by atoms with Crippen molar-refractivity contribution >= 4 is 29.2 Å². The first-order valence-electron chi connectivity index (χ1n) is 12.7. The van der Waals surface area contributed by atoms with Crippen LogP contribution in [-0.4, -0.2) is 47.5 Å². The maximum absolute atomic E-state index is 13.2. The summed E-state index contributed by atoms with van der Waals surface area (Å²) in [6.07, 6.45) is 3.46. The number of hydrogen-bond acceptors (Lipinski definition) is 7. The van der Waals surface area contributed by atoms with Gasteiger partial charge in [-0.25, -0.2) is 4.68 Å². The maximum Gasteiger partial charge on any atom is 0.323 e. The molecule has 1 aromatic heterocycles. The van der Waals surface area contributed by atoms with Crippen molar-refractivity contribution in [3.63, 3.8) is 0 Å². The van der Waals surface area contributed by atoms with Gasteiger partial charge >= 0.3 is 5.97 Å². The number of ether oxygens (including phenoxy) is 3. The summed E-state index contributed by atoms with van der Waals surface area (Å²) in [6, 6.07) is 11.9. The highest BCUT2D eigenvalue weighted by Crippen LogP contribution is 2.38. The van der Waals surface area contributed by atoms with Gasteiger partial charge in [-0.05, 0) is 61.1 Å². The lowest BCUT2D eigenvalue weighted by atomic mass is 10.1. The second-order valence-corrected chi connectivity index (χ2v) is 10.5. The molecule has 1 fully saturated rings. The second-order valence-electron chi connectivity index (χ2n) is 10.0. The molecule has 0 radical (unpaired) electrons. The molecule has 0 saturated heterocycles. The molecule has 0 spiro atoms. The monoisotopic (exact) mass is 538 g/mol. The van der Waals surface area contributed by atoms with E-state index in [0.717, 1.165) is 24.1 Å². The lowest BCUT2D eigenvalue weighted by Gasteiger charge is -2.23. The zero-order valence-electron chi connectivity index (χ0n) is 21.6. The highest BCUT2D eigenvalue weighted by Gasteiger charge is 2.37. The average molecular weight is 539 g/mol. The van der Waals surface area contributed by atoms with Crippen molar-refractivity contribution in [3.05, 3.63) is 64.9 Å². The van der Waals surface area contributed by atoms with E-state index in [1.807, 2.05) is 38.2 Å². The summed E-state index contributed by atoms with van der Waals surface area (Å²) >= 11 is 5.98. The van der Waals surface area contributed by atoms with Crippen molar-refractivity contribution < 1.29 is 23.8 Å². The number of aromatic nitrogens is 2. The van der Waals surface area contributed by atoms with Crippen LogP contribution in [0, 0.1) is 11.8 Å². The number of amides is 1.